The molecule has 2 aromatic rings. The predicted molar refractivity (Wildman–Crippen MR) is 121 cm³/mol. The minimum Gasteiger partial charge on any atom is -0.493 e. The zero-order valence-electron chi connectivity index (χ0n) is 18.4. The Hall–Kier alpha value is -2.08. The maximum atomic E-state index is 10.4. The van der Waals surface area contributed by atoms with E-state index in [1.54, 1.807) is 7.11 Å². The number of aliphatic hydroxyl groups is 1. The van der Waals surface area contributed by atoms with E-state index in [1.807, 2.05) is 12.1 Å². The summed E-state index contributed by atoms with van der Waals surface area (Å²) in [6.45, 7) is 6.88. The molecule has 164 valence electrons. The molecular formula is C25H36N2O3. The first kappa shape index (κ1) is 22.6. The molecule has 2 N–H and O–H groups in total. The van der Waals surface area contributed by atoms with Gasteiger partial charge in [-0.25, -0.2) is 0 Å². The van der Waals surface area contributed by atoms with Gasteiger partial charge in [-0.05, 0) is 69.1 Å². The Kier molecular flexibility index (Phi) is 9.00. The second-order valence-corrected chi connectivity index (χ2v) is 8.22. The van der Waals surface area contributed by atoms with Crippen LogP contribution in [0.4, 0.5) is 0 Å². The van der Waals surface area contributed by atoms with E-state index in [-0.39, 0.29) is 6.61 Å². The summed E-state index contributed by atoms with van der Waals surface area (Å²) < 4.78 is 11.4. The molecule has 1 heterocycles. The van der Waals surface area contributed by atoms with Crippen LogP contribution in [0.3, 0.4) is 0 Å². The Morgan fingerprint density at radius 1 is 1.00 bits per heavy atom. The van der Waals surface area contributed by atoms with Crippen molar-refractivity contribution in [2.75, 3.05) is 39.9 Å². The molecule has 1 saturated heterocycles. The number of hydrogen-bond donors (Lipinski definition) is 2. The van der Waals surface area contributed by atoms with Gasteiger partial charge in [-0.3, -0.25) is 0 Å². The minimum absolute atomic E-state index is 0.275. The van der Waals surface area contributed by atoms with Crippen molar-refractivity contribution in [2.45, 2.75) is 45.3 Å². The zero-order valence-corrected chi connectivity index (χ0v) is 18.4. The van der Waals surface area contributed by atoms with Gasteiger partial charge in [0.1, 0.15) is 12.7 Å². The van der Waals surface area contributed by atoms with Crippen molar-refractivity contribution in [3.05, 3.63) is 59.2 Å². The molecular weight excluding hydrogens is 376 g/mol. The lowest BCUT2D eigenvalue weighted by Gasteiger charge is -2.28. The first-order chi connectivity index (χ1) is 14.6. The van der Waals surface area contributed by atoms with Gasteiger partial charge in [0.15, 0.2) is 11.5 Å². The van der Waals surface area contributed by atoms with Crippen molar-refractivity contribution in [3.63, 3.8) is 0 Å². The van der Waals surface area contributed by atoms with Crippen molar-refractivity contribution in [3.8, 4) is 11.5 Å². The summed E-state index contributed by atoms with van der Waals surface area (Å²) in [5.74, 6) is 1.39. The Morgan fingerprint density at radius 3 is 2.47 bits per heavy atom. The molecule has 0 amide bonds. The number of methoxy groups -OCH3 is 1. The fourth-order valence-corrected chi connectivity index (χ4v) is 3.84. The highest BCUT2D eigenvalue weighted by Gasteiger charge is 2.16. The van der Waals surface area contributed by atoms with Crippen LogP contribution in [-0.2, 0) is 13.0 Å². The summed E-state index contributed by atoms with van der Waals surface area (Å²) in [7, 11) is 1.64. The first-order valence-corrected chi connectivity index (χ1v) is 11.1. The SMILES string of the molecule is COc1ccc(CNCCc2ccc(C)cc2)cc1OC[C@@H](O)CN1CCCCC1. The predicted octanol–water partition coefficient (Wildman–Crippen LogP) is 3.56. The fraction of sp³-hybridized carbons (Fsp3) is 0.520. The molecule has 5 nitrogen and oxygen atoms in total. The van der Waals surface area contributed by atoms with E-state index in [9.17, 15) is 5.11 Å². The third-order valence-corrected chi connectivity index (χ3v) is 5.62. The maximum absolute atomic E-state index is 10.4. The Balaban J connectivity index is 1.45. The van der Waals surface area contributed by atoms with Crippen LogP contribution >= 0.6 is 0 Å². The third-order valence-electron chi connectivity index (χ3n) is 5.62. The summed E-state index contributed by atoms with van der Waals surface area (Å²) in [6, 6.07) is 14.7. The van der Waals surface area contributed by atoms with Crippen LogP contribution in [0.2, 0.25) is 0 Å². The zero-order chi connectivity index (χ0) is 21.2. The highest BCUT2D eigenvalue weighted by atomic mass is 16.5. The lowest BCUT2D eigenvalue weighted by molar-refractivity contribution is 0.0608. The molecule has 0 spiro atoms. The van der Waals surface area contributed by atoms with Gasteiger partial charge in [0.05, 0.1) is 7.11 Å². The summed E-state index contributed by atoms with van der Waals surface area (Å²) in [4.78, 5) is 2.32. The van der Waals surface area contributed by atoms with Crippen LogP contribution in [0.5, 0.6) is 11.5 Å². The van der Waals surface area contributed by atoms with Gasteiger partial charge in [-0.15, -0.1) is 0 Å². The van der Waals surface area contributed by atoms with Gasteiger partial charge in [0, 0.05) is 13.1 Å². The molecule has 30 heavy (non-hydrogen) atoms. The quantitative estimate of drug-likeness (QED) is 0.553. The molecule has 0 bridgehead atoms. The Bertz CT molecular complexity index is 757. The normalized spacial score (nSPS) is 15.7. The van der Waals surface area contributed by atoms with Crippen molar-refractivity contribution in [1.82, 2.24) is 10.2 Å². The van der Waals surface area contributed by atoms with Gasteiger partial charge in [0.25, 0.3) is 0 Å². The molecule has 0 aromatic heterocycles. The number of aryl methyl sites for hydroxylation is 1. The first-order valence-electron chi connectivity index (χ1n) is 11.1. The number of nitrogens with zero attached hydrogens (tertiary/aromatic N) is 1. The molecule has 1 fully saturated rings. The molecule has 5 heteroatoms. The van der Waals surface area contributed by atoms with Crippen molar-refractivity contribution >= 4 is 0 Å². The topological polar surface area (TPSA) is 54.0 Å². The fourth-order valence-electron chi connectivity index (χ4n) is 3.84. The highest BCUT2D eigenvalue weighted by molar-refractivity contribution is 5.43. The number of piperidine rings is 1. The van der Waals surface area contributed by atoms with E-state index < -0.39 is 6.10 Å². The summed E-state index contributed by atoms with van der Waals surface area (Å²) in [5, 5.41) is 13.9. The largest absolute Gasteiger partial charge is 0.493 e. The monoisotopic (exact) mass is 412 g/mol. The van der Waals surface area contributed by atoms with E-state index in [1.165, 1.54) is 30.4 Å². The molecule has 1 aliphatic rings. The van der Waals surface area contributed by atoms with E-state index in [4.69, 9.17) is 9.47 Å². The lowest BCUT2D eigenvalue weighted by atomic mass is 10.1. The molecule has 1 aliphatic heterocycles. The average Bonchev–Trinajstić information content (AvgIpc) is 2.77. The Labute approximate surface area is 181 Å². The smallest absolute Gasteiger partial charge is 0.161 e. The molecule has 0 unspecified atom stereocenters. The minimum atomic E-state index is -0.496. The van der Waals surface area contributed by atoms with Crippen LogP contribution in [0.25, 0.3) is 0 Å². The molecule has 1 atom stereocenters. The second kappa shape index (κ2) is 11.9. The lowest BCUT2D eigenvalue weighted by Crippen LogP contribution is -2.38. The highest BCUT2D eigenvalue weighted by Crippen LogP contribution is 2.28. The number of ether oxygens (including phenoxy) is 2. The van der Waals surface area contributed by atoms with Gasteiger partial charge in [-0.2, -0.15) is 0 Å². The molecule has 0 saturated carbocycles. The molecule has 0 aliphatic carbocycles. The van der Waals surface area contributed by atoms with Gasteiger partial charge in [-0.1, -0.05) is 42.3 Å². The number of hydrogen-bond acceptors (Lipinski definition) is 5. The van der Waals surface area contributed by atoms with Crippen molar-refractivity contribution < 1.29 is 14.6 Å². The van der Waals surface area contributed by atoms with Crippen LogP contribution < -0.4 is 14.8 Å². The van der Waals surface area contributed by atoms with Crippen molar-refractivity contribution in [2.24, 2.45) is 0 Å². The molecule has 2 aromatic carbocycles. The summed E-state index contributed by atoms with van der Waals surface area (Å²) >= 11 is 0. The average molecular weight is 413 g/mol. The maximum Gasteiger partial charge on any atom is 0.161 e. The van der Waals surface area contributed by atoms with Gasteiger partial charge < -0.3 is 24.8 Å². The standard InChI is InChI=1S/C25H36N2O3/c1-20-6-8-21(9-7-20)12-13-26-17-22-10-11-24(29-2)25(16-22)30-19-23(28)18-27-14-4-3-5-15-27/h6-11,16,23,26,28H,3-5,12-15,17-19H2,1-2H3/t23-/m0/s1. The number of benzene rings is 2. The van der Waals surface area contributed by atoms with E-state index in [0.29, 0.717) is 18.0 Å². The van der Waals surface area contributed by atoms with Crippen LogP contribution in [0.15, 0.2) is 42.5 Å². The molecule has 3 rings (SSSR count). The number of aliphatic hydroxyl groups excluding tert-OH is 1. The second-order valence-electron chi connectivity index (χ2n) is 8.22. The van der Waals surface area contributed by atoms with E-state index >= 15 is 0 Å². The van der Waals surface area contributed by atoms with Gasteiger partial charge >= 0.3 is 0 Å². The van der Waals surface area contributed by atoms with Crippen LogP contribution in [0.1, 0.15) is 36.0 Å². The third kappa shape index (κ3) is 7.31. The molecule has 0 radical (unpaired) electrons. The van der Waals surface area contributed by atoms with Gasteiger partial charge in [0.2, 0.25) is 0 Å². The van der Waals surface area contributed by atoms with E-state index in [2.05, 4.69) is 47.5 Å². The van der Waals surface area contributed by atoms with Crippen LogP contribution in [0, 0.1) is 6.92 Å². The van der Waals surface area contributed by atoms with Crippen LogP contribution in [-0.4, -0.2) is 56.0 Å². The number of rotatable bonds is 11. The number of likely N-dealkylation sites (tertiary alicyclic amines) is 1. The van der Waals surface area contributed by atoms with E-state index in [0.717, 1.165) is 38.2 Å². The van der Waals surface area contributed by atoms with Crippen molar-refractivity contribution in [1.29, 1.82) is 0 Å². The summed E-state index contributed by atoms with van der Waals surface area (Å²) in [5.41, 5.74) is 3.77. The Morgan fingerprint density at radius 2 is 1.73 bits per heavy atom. The number of β-amino-alcohol motifs (C(OH)–C–C–N with tert-alkyl or cyclic N) is 1. The number of nitrogens with one attached hydrogen (secondary N) is 1. The summed E-state index contributed by atoms with van der Waals surface area (Å²) in [6.07, 6.45) is 4.25.